The maximum Gasteiger partial charge on any atom is 0.305 e. The summed E-state index contributed by atoms with van der Waals surface area (Å²) in [6, 6.07) is 0. The van der Waals surface area contributed by atoms with Gasteiger partial charge in [0.1, 0.15) is 6.61 Å². The van der Waals surface area contributed by atoms with Crippen LogP contribution in [0.3, 0.4) is 0 Å². The molecule has 0 radical (unpaired) electrons. The van der Waals surface area contributed by atoms with Crippen LogP contribution in [-0.4, -0.2) is 118 Å². The van der Waals surface area contributed by atoms with E-state index in [1.807, 2.05) is 0 Å². The number of esters is 1. The zero-order chi connectivity index (χ0) is 36.1. The molecule has 0 unspecified atom stereocenters. The van der Waals surface area contributed by atoms with E-state index < -0.39 is 0 Å². The number of hydrogen-bond donors (Lipinski definition) is 0. The molecule has 0 atom stereocenters. The Morgan fingerprint density at radius 1 is 0.280 bits per heavy atom. The molecule has 0 aliphatic heterocycles. The second kappa shape index (κ2) is 46.2. The molecule has 0 N–H and O–H groups in total. The number of unbranched alkanes of at least 4 members (excludes halogenated alkanes) is 17. The highest BCUT2D eigenvalue weighted by molar-refractivity contribution is 5.69. The molecule has 0 saturated carbocycles. The topological polar surface area (TPSA) is 100 Å². The first-order valence-electron chi connectivity index (χ1n) is 20.6. The Balaban J connectivity index is 3.13. The van der Waals surface area contributed by atoms with Crippen molar-refractivity contribution >= 4 is 5.97 Å². The lowest BCUT2D eigenvalue weighted by atomic mass is 10.0. The van der Waals surface area contributed by atoms with Crippen molar-refractivity contribution in [2.45, 2.75) is 142 Å². The minimum Gasteiger partial charge on any atom is -0.463 e. The summed E-state index contributed by atoms with van der Waals surface area (Å²) in [6.45, 7) is 13.5. The molecule has 50 heavy (non-hydrogen) atoms. The summed E-state index contributed by atoms with van der Waals surface area (Å²) >= 11 is 0. The molecule has 0 saturated heterocycles. The fraction of sp³-hybridized carbons (Fsp3) is 0.975. The SMILES string of the molecule is CCCCCCCCCCCCCCCCCC(=O)OCCOCCOCCOCCOCCOCCOCCOCCOCCCCCC. The number of hydrogen-bond acceptors (Lipinski definition) is 10. The lowest BCUT2D eigenvalue weighted by Gasteiger charge is -2.09. The fourth-order valence-corrected chi connectivity index (χ4v) is 5.20. The van der Waals surface area contributed by atoms with Gasteiger partial charge in [0.05, 0.1) is 99.1 Å². The number of rotatable bonds is 45. The van der Waals surface area contributed by atoms with E-state index in [2.05, 4.69) is 13.8 Å². The second-order valence-electron chi connectivity index (χ2n) is 12.9. The van der Waals surface area contributed by atoms with E-state index in [4.69, 9.17) is 42.6 Å². The van der Waals surface area contributed by atoms with Gasteiger partial charge in [-0.3, -0.25) is 4.79 Å². The summed E-state index contributed by atoms with van der Waals surface area (Å²) in [4.78, 5) is 11.9. The Morgan fingerprint density at radius 2 is 0.520 bits per heavy atom. The van der Waals surface area contributed by atoms with Gasteiger partial charge in [-0.1, -0.05) is 123 Å². The van der Waals surface area contributed by atoms with E-state index in [1.54, 1.807) is 0 Å². The Kier molecular flexibility index (Phi) is 45.4. The van der Waals surface area contributed by atoms with E-state index in [-0.39, 0.29) is 5.97 Å². The largest absolute Gasteiger partial charge is 0.463 e. The Hall–Kier alpha value is -0.850. The highest BCUT2D eigenvalue weighted by Crippen LogP contribution is 2.14. The average molecular weight is 721 g/mol. The summed E-state index contributed by atoms with van der Waals surface area (Å²) in [6.07, 6.45) is 25.2. The molecule has 0 aromatic carbocycles. The van der Waals surface area contributed by atoms with Crippen molar-refractivity contribution < 1.29 is 47.4 Å². The molecule has 300 valence electrons. The smallest absolute Gasteiger partial charge is 0.305 e. The predicted octanol–water partition coefficient (Wildman–Crippen LogP) is 8.50. The van der Waals surface area contributed by atoms with Crippen molar-refractivity contribution in [2.75, 3.05) is 112 Å². The van der Waals surface area contributed by atoms with Crippen molar-refractivity contribution in [1.82, 2.24) is 0 Å². The normalized spacial score (nSPS) is 11.5. The Bertz CT molecular complexity index is 625. The van der Waals surface area contributed by atoms with E-state index in [0.717, 1.165) is 25.9 Å². The zero-order valence-corrected chi connectivity index (χ0v) is 32.7. The van der Waals surface area contributed by atoms with Crippen LogP contribution in [0.2, 0.25) is 0 Å². The van der Waals surface area contributed by atoms with Gasteiger partial charge in [-0.05, 0) is 12.8 Å². The van der Waals surface area contributed by atoms with Crippen LogP contribution in [0.25, 0.3) is 0 Å². The van der Waals surface area contributed by atoms with Crippen LogP contribution in [0, 0.1) is 0 Å². The lowest BCUT2D eigenvalue weighted by molar-refractivity contribution is -0.145. The highest BCUT2D eigenvalue weighted by Gasteiger charge is 2.03. The Morgan fingerprint density at radius 3 is 0.840 bits per heavy atom. The van der Waals surface area contributed by atoms with E-state index >= 15 is 0 Å². The van der Waals surface area contributed by atoms with Crippen LogP contribution >= 0.6 is 0 Å². The van der Waals surface area contributed by atoms with Gasteiger partial charge in [0, 0.05) is 13.0 Å². The molecule has 10 heteroatoms. The minimum absolute atomic E-state index is 0.124. The van der Waals surface area contributed by atoms with Crippen molar-refractivity contribution in [3.05, 3.63) is 0 Å². The first-order valence-corrected chi connectivity index (χ1v) is 20.6. The summed E-state index contributed by atoms with van der Waals surface area (Å²) < 4.78 is 49.2. The molecule has 0 aromatic rings. The third kappa shape index (κ3) is 45.2. The van der Waals surface area contributed by atoms with Crippen LogP contribution in [0.5, 0.6) is 0 Å². The van der Waals surface area contributed by atoms with Gasteiger partial charge < -0.3 is 42.6 Å². The monoisotopic (exact) mass is 721 g/mol. The molecule has 0 heterocycles. The zero-order valence-electron chi connectivity index (χ0n) is 32.7. The number of carbonyl (C=O) groups is 1. The van der Waals surface area contributed by atoms with Crippen LogP contribution in [0.1, 0.15) is 142 Å². The molecular weight excluding hydrogens is 640 g/mol. The number of carbonyl (C=O) groups excluding carboxylic acids is 1. The van der Waals surface area contributed by atoms with E-state index in [0.29, 0.717) is 112 Å². The van der Waals surface area contributed by atoms with Crippen LogP contribution in [0.15, 0.2) is 0 Å². The molecular formula is C40H80O10. The summed E-state index contributed by atoms with van der Waals surface area (Å²) in [7, 11) is 0. The molecule has 0 fully saturated rings. The molecule has 0 aliphatic rings. The third-order valence-corrected chi connectivity index (χ3v) is 8.22. The van der Waals surface area contributed by atoms with E-state index in [9.17, 15) is 4.79 Å². The van der Waals surface area contributed by atoms with Gasteiger partial charge in [-0.2, -0.15) is 0 Å². The second-order valence-corrected chi connectivity index (χ2v) is 12.9. The van der Waals surface area contributed by atoms with Crippen molar-refractivity contribution in [1.29, 1.82) is 0 Å². The molecule has 10 nitrogen and oxygen atoms in total. The molecule has 0 aliphatic carbocycles. The summed E-state index contributed by atoms with van der Waals surface area (Å²) in [5.74, 6) is -0.124. The minimum atomic E-state index is -0.124. The van der Waals surface area contributed by atoms with Gasteiger partial charge in [-0.15, -0.1) is 0 Å². The van der Waals surface area contributed by atoms with Crippen LogP contribution in [0.4, 0.5) is 0 Å². The quantitative estimate of drug-likeness (QED) is 0.0450. The lowest BCUT2D eigenvalue weighted by Crippen LogP contribution is -2.15. The molecule has 0 spiro atoms. The van der Waals surface area contributed by atoms with Crippen molar-refractivity contribution in [3.8, 4) is 0 Å². The standard InChI is InChI=1S/C40H80O10/c1-3-5-7-9-10-11-12-13-14-15-16-17-18-19-20-22-40(41)50-39-38-49-37-36-48-35-34-47-33-32-46-31-30-45-29-28-44-27-26-43-25-24-42-23-21-8-6-4-2/h3-39H2,1-2H3. The van der Waals surface area contributed by atoms with Crippen LogP contribution in [-0.2, 0) is 47.4 Å². The first kappa shape index (κ1) is 49.1. The maximum absolute atomic E-state index is 11.9. The van der Waals surface area contributed by atoms with Gasteiger partial charge in [0.25, 0.3) is 0 Å². The van der Waals surface area contributed by atoms with Crippen LogP contribution < -0.4 is 0 Å². The predicted molar refractivity (Wildman–Crippen MR) is 201 cm³/mol. The molecule has 0 bridgehead atoms. The van der Waals surface area contributed by atoms with Gasteiger partial charge in [0.15, 0.2) is 0 Å². The highest BCUT2D eigenvalue weighted by atomic mass is 16.6. The van der Waals surface area contributed by atoms with Crippen molar-refractivity contribution in [3.63, 3.8) is 0 Å². The fourth-order valence-electron chi connectivity index (χ4n) is 5.20. The summed E-state index contributed by atoms with van der Waals surface area (Å²) in [5, 5.41) is 0. The molecule has 0 aromatic heterocycles. The maximum atomic E-state index is 11.9. The third-order valence-electron chi connectivity index (χ3n) is 8.22. The van der Waals surface area contributed by atoms with Gasteiger partial charge in [0.2, 0.25) is 0 Å². The molecule has 0 rings (SSSR count). The molecule has 0 amide bonds. The number of ether oxygens (including phenoxy) is 9. The Labute approximate surface area is 307 Å². The average Bonchev–Trinajstić information content (AvgIpc) is 3.12. The van der Waals surface area contributed by atoms with E-state index in [1.165, 1.54) is 103 Å². The summed E-state index contributed by atoms with van der Waals surface area (Å²) in [5.41, 5.74) is 0. The van der Waals surface area contributed by atoms with Gasteiger partial charge in [-0.25, -0.2) is 0 Å². The van der Waals surface area contributed by atoms with Gasteiger partial charge >= 0.3 is 5.97 Å². The first-order chi connectivity index (χ1) is 24.8. The van der Waals surface area contributed by atoms with Crippen molar-refractivity contribution in [2.24, 2.45) is 0 Å².